The number of hydrogen-bond acceptors (Lipinski definition) is 2. The maximum absolute atomic E-state index is 5.96. The molecule has 1 aromatic carbocycles. The largest absolute Gasteiger partial charge is 0.381 e. The molecule has 0 aromatic heterocycles. The second-order valence-corrected chi connectivity index (χ2v) is 4.47. The zero-order valence-electron chi connectivity index (χ0n) is 7.96. The van der Waals surface area contributed by atoms with Crippen LogP contribution in [0.25, 0.3) is 0 Å². The lowest BCUT2D eigenvalue weighted by molar-refractivity contribution is 0.683. The summed E-state index contributed by atoms with van der Waals surface area (Å²) < 4.78 is 0. The minimum atomic E-state index is 0.698. The lowest BCUT2D eigenvalue weighted by atomic mass is 10.1. The molecule has 2 heterocycles. The first-order valence-corrected chi connectivity index (χ1v) is 5.52. The summed E-state index contributed by atoms with van der Waals surface area (Å²) in [6.45, 7) is 2.26. The van der Waals surface area contributed by atoms with Crippen LogP contribution in [0.1, 0.15) is 12.8 Å². The van der Waals surface area contributed by atoms with Gasteiger partial charge in [0, 0.05) is 24.2 Å². The Morgan fingerprint density at radius 1 is 1.43 bits per heavy atom. The number of benzene rings is 1. The van der Waals surface area contributed by atoms with Crippen LogP contribution in [0.4, 0.5) is 11.4 Å². The summed E-state index contributed by atoms with van der Waals surface area (Å²) in [5.74, 6) is 0. The molecule has 0 aliphatic carbocycles. The molecule has 14 heavy (non-hydrogen) atoms. The van der Waals surface area contributed by atoms with E-state index in [9.17, 15) is 0 Å². The third-order valence-electron chi connectivity index (χ3n) is 3.17. The van der Waals surface area contributed by atoms with E-state index in [-0.39, 0.29) is 0 Å². The maximum atomic E-state index is 5.96. The molecule has 74 valence electrons. The van der Waals surface area contributed by atoms with Crippen molar-refractivity contribution in [2.45, 2.75) is 18.9 Å². The Balaban J connectivity index is 2.05. The van der Waals surface area contributed by atoms with Crippen LogP contribution in [0.15, 0.2) is 18.2 Å². The maximum Gasteiger partial charge on any atom is 0.0606 e. The van der Waals surface area contributed by atoms with Crippen molar-refractivity contribution in [2.24, 2.45) is 0 Å². The van der Waals surface area contributed by atoms with Gasteiger partial charge < -0.3 is 10.2 Å². The molecule has 1 unspecified atom stereocenters. The van der Waals surface area contributed by atoms with Gasteiger partial charge in [-0.3, -0.25) is 0 Å². The lowest BCUT2D eigenvalue weighted by Gasteiger charge is -2.34. The Morgan fingerprint density at radius 2 is 2.36 bits per heavy atom. The van der Waals surface area contributed by atoms with Gasteiger partial charge >= 0.3 is 0 Å². The van der Waals surface area contributed by atoms with E-state index >= 15 is 0 Å². The normalized spacial score (nSPS) is 24.1. The third kappa shape index (κ3) is 1.17. The number of rotatable bonds is 0. The molecular formula is C11H13ClN2. The third-order valence-corrected chi connectivity index (χ3v) is 3.41. The van der Waals surface area contributed by atoms with Gasteiger partial charge in [0.15, 0.2) is 0 Å². The Labute approximate surface area is 88.9 Å². The van der Waals surface area contributed by atoms with Crippen molar-refractivity contribution in [3.8, 4) is 0 Å². The topological polar surface area (TPSA) is 15.3 Å². The average Bonchev–Trinajstić information content (AvgIpc) is 2.65. The molecule has 1 fully saturated rings. The number of halogens is 1. The highest BCUT2D eigenvalue weighted by Gasteiger charge is 2.29. The molecule has 0 amide bonds. The summed E-state index contributed by atoms with van der Waals surface area (Å²) in [6.07, 6.45) is 2.63. The summed E-state index contributed by atoms with van der Waals surface area (Å²) >= 11 is 5.96. The van der Waals surface area contributed by atoms with Crippen LogP contribution in [0, 0.1) is 0 Å². The Morgan fingerprint density at radius 3 is 3.29 bits per heavy atom. The molecule has 0 radical (unpaired) electrons. The van der Waals surface area contributed by atoms with Crippen LogP contribution >= 0.6 is 11.6 Å². The predicted molar refractivity (Wildman–Crippen MR) is 60.3 cm³/mol. The fraction of sp³-hybridized carbons (Fsp3) is 0.455. The molecule has 1 N–H and O–H groups in total. The van der Waals surface area contributed by atoms with Gasteiger partial charge in [-0.2, -0.15) is 0 Å². The van der Waals surface area contributed by atoms with Crippen LogP contribution < -0.4 is 10.2 Å². The second kappa shape index (κ2) is 3.06. The van der Waals surface area contributed by atoms with E-state index in [2.05, 4.69) is 16.3 Å². The van der Waals surface area contributed by atoms with Crippen LogP contribution in [0.3, 0.4) is 0 Å². The fourth-order valence-corrected chi connectivity index (χ4v) is 2.67. The van der Waals surface area contributed by atoms with Crippen LogP contribution in [0.5, 0.6) is 0 Å². The first-order valence-electron chi connectivity index (χ1n) is 5.15. The highest BCUT2D eigenvalue weighted by molar-refractivity contribution is 6.31. The number of hydrogen-bond donors (Lipinski definition) is 1. The summed E-state index contributed by atoms with van der Waals surface area (Å²) in [6, 6.07) is 6.82. The number of anilines is 2. The smallest absolute Gasteiger partial charge is 0.0606 e. The van der Waals surface area contributed by atoms with E-state index < -0.39 is 0 Å². The second-order valence-electron chi connectivity index (χ2n) is 4.03. The Kier molecular flexibility index (Phi) is 1.84. The highest BCUT2D eigenvalue weighted by Crippen LogP contribution is 2.37. The Hall–Kier alpha value is -0.890. The molecule has 0 spiro atoms. The van der Waals surface area contributed by atoms with Crippen LogP contribution in [-0.4, -0.2) is 19.1 Å². The molecule has 2 nitrogen and oxygen atoms in total. The summed E-state index contributed by atoms with van der Waals surface area (Å²) in [4.78, 5) is 2.50. The zero-order chi connectivity index (χ0) is 9.54. The number of nitrogens with one attached hydrogen (secondary N) is 1. The lowest BCUT2D eigenvalue weighted by Crippen LogP contribution is -2.39. The SMILES string of the molecule is Clc1ccc2c(c1)NCC1CCCN21. The van der Waals surface area contributed by atoms with Crippen molar-refractivity contribution in [1.82, 2.24) is 0 Å². The van der Waals surface area contributed by atoms with E-state index in [1.807, 2.05) is 12.1 Å². The molecule has 1 saturated heterocycles. The molecule has 0 bridgehead atoms. The molecular weight excluding hydrogens is 196 g/mol. The van der Waals surface area contributed by atoms with Gasteiger partial charge in [-0.1, -0.05) is 11.6 Å². The standard InChI is InChI=1S/C11H13ClN2/c12-8-3-4-11-10(6-8)13-7-9-2-1-5-14(9)11/h3-4,6,9,13H,1-2,5,7H2. The number of nitrogens with zero attached hydrogens (tertiary/aromatic N) is 1. The fourth-order valence-electron chi connectivity index (χ4n) is 2.49. The highest BCUT2D eigenvalue weighted by atomic mass is 35.5. The van der Waals surface area contributed by atoms with Gasteiger partial charge in [-0.25, -0.2) is 0 Å². The molecule has 1 aromatic rings. The van der Waals surface area contributed by atoms with Crippen LogP contribution in [0.2, 0.25) is 5.02 Å². The first kappa shape index (κ1) is 8.42. The molecule has 1 atom stereocenters. The quantitative estimate of drug-likeness (QED) is 0.706. The first-order chi connectivity index (χ1) is 6.84. The Bertz CT molecular complexity index is 364. The van der Waals surface area contributed by atoms with Gasteiger partial charge in [0.1, 0.15) is 0 Å². The van der Waals surface area contributed by atoms with Gasteiger partial charge in [-0.15, -0.1) is 0 Å². The molecule has 3 heteroatoms. The van der Waals surface area contributed by atoms with E-state index in [4.69, 9.17) is 11.6 Å². The summed E-state index contributed by atoms with van der Waals surface area (Å²) in [5.41, 5.74) is 2.51. The average molecular weight is 209 g/mol. The van der Waals surface area contributed by atoms with E-state index in [0.717, 1.165) is 11.6 Å². The minimum absolute atomic E-state index is 0.698. The van der Waals surface area contributed by atoms with Gasteiger partial charge in [-0.05, 0) is 31.0 Å². The van der Waals surface area contributed by atoms with Crippen molar-refractivity contribution in [3.05, 3.63) is 23.2 Å². The van der Waals surface area contributed by atoms with Crippen molar-refractivity contribution < 1.29 is 0 Å². The zero-order valence-corrected chi connectivity index (χ0v) is 8.72. The molecule has 3 rings (SSSR count). The minimum Gasteiger partial charge on any atom is -0.381 e. The van der Waals surface area contributed by atoms with Crippen molar-refractivity contribution in [1.29, 1.82) is 0 Å². The van der Waals surface area contributed by atoms with E-state index in [1.165, 1.54) is 30.8 Å². The van der Waals surface area contributed by atoms with Crippen molar-refractivity contribution in [2.75, 3.05) is 23.3 Å². The van der Waals surface area contributed by atoms with Crippen molar-refractivity contribution >= 4 is 23.0 Å². The number of fused-ring (bicyclic) bond motifs is 3. The van der Waals surface area contributed by atoms with Gasteiger partial charge in [0.2, 0.25) is 0 Å². The summed E-state index contributed by atoms with van der Waals surface area (Å²) in [7, 11) is 0. The van der Waals surface area contributed by atoms with Crippen molar-refractivity contribution in [3.63, 3.8) is 0 Å². The van der Waals surface area contributed by atoms with Gasteiger partial charge in [0.05, 0.1) is 11.4 Å². The van der Waals surface area contributed by atoms with E-state index in [1.54, 1.807) is 0 Å². The van der Waals surface area contributed by atoms with E-state index in [0.29, 0.717) is 6.04 Å². The monoisotopic (exact) mass is 208 g/mol. The molecule has 2 aliphatic heterocycles. The van der Waals surface area contributed by atoms with Gasteiger partial charge in [0.25, 0.3) is 0 Å². The predicted octanol–water partition coefficient (Wildman–Crippen LogP) is 2.73. The molecule has 0 saturated carbocycles. The molecule has 2 aliphatic rings. The summed E-state index contributed by atoms with van der Waals surface area (Å²) in [5, 5.41) is 4.26. The van der Waals surface area contributed by atoms with Crippen LogP contribution in [-0.2, 0) is 0 Å².